The highest BCUT2D eigenvalue weighted by Gasteiger charge is 2.22. The minimum absolute atomic E-state index is 0.0694. The second-order valence-electron chi connectivity index (χ2n) is 7.67. The number of aryl methyl sites for hydroxylation is 1. The number of hydrogen-bond donors (Lipinski definition) is 1. The van der Waals surface area contributed by atoms with Gasteiger partial charge in [-0.1, -0.05) is 18.2 Å². The van der Waals surface area contributed by atoms with E-state index in [1.807, 2.05) is 50.4 Å². The molecule has 5 nitrogen and oxygen atoms in total. The highest BCUT2D eigenvalue weighted by molar-refractivity contribution is 7.13. The van der Waals surface area contributed by atoms with Crippen LogP contribution in [0, 0.1) is 0 Å². The Labute approximate surface area is 165 Å². The molecule has 28 heavy (non-hydrogen) atoms. The van der Waals surface area contributed by atoms with Crippen LogP contribution in [0.25, 0.3) is 32.5 Å². The predicted molar refractivity (Wildman–Crippen MR) is 112 cm³/mol. The molecule has 144 valence electrons. The molecule has 3 aromatic heterocycles. The van der Waals surface area contributed by atoms with Gasteiger partial charge in [0.25, 0.3) is 0 Å². The zero-order valence-electron chi connectivity index (χ0n) is 16.0. The third kappa shape index (κ3) is 3.47. The van der Waals surface area contributed by atoms with Crippen molar-refractivity contribution in [2.45, 2.75) is 39.2 Å². The summed E-state index contributed by atoms with van der Waals surface area (Å²) in [7, 11) is 0. The van der Waals surface area contributed by atoms with Crippen LogP contribution in [-0.4, -0.2) is 16.6 Å². The molecule has 0 atom stereocenters. The number of nitrogens with one attached hydrogen (secondary N) is 1. The molecular weight excluding hydrogens is 374 g/mol. The summed E-state index contributed by atoms with van der Waals surface area (Å²) in [6.45, 7) is 5.53. The molecule has 0 aliphatic heterocycles. The van der Waals surface area contributed by atoms with Gasteiger partial charge < -0.3 is 14.1 Å². The highest BCUT2D eigenvalue weighted by Crippen LogP contribution is 2.33. The third-order valence-corrected chi connectivity index (χ3v) is 5.25. The Morgan fingerprint density at radius 3 is 2.68 bits per heavy atom. The van der Waals surface area contributed by atoms with Gasteiger partial charge in [-0.15, -0.1) is 11.3 Å². The summed E-state index contributed by atoms with van der Waals surface area (Å²) in [5.41, 5.74) is 1.92. The summed E-state index contributed by atoms with van der Waals surface area (Å²) in [6, 6.07) is 11.1. The zero-order valence-corrected chi connectivity index (χ0v) is 16.8. The topological polar surface area (TPSA) is 72.3 Å². The van der Waals surface area contributed by atoms with Crippen LogP contribution in [0.5, 0.6) is 0 Å². The lowest BCUT2D eigenvalue weighted by Gasteiger charge is -2.19. The van der Waals surface area contributed by atoms with Crippen molar-refractivity contribution in [3.05, 3.63) is 57.7 Å². The zero-order chi connectivity index (χ0) is 19.9. The molecule has 1 aromatic carbocycles. The molecule has 0 aliphatic rings. The molecule has 6 heteroatoms. The van der Waals surface area contributed by atoms with E-state index in [2.05, 4.69) is 4.98 Å². The molecule has 0 aliphatic carbocycles. The van der Waals surface area contributed by atoms with E-state index in [0.717, 1.165) is 16.3 Å². The van der Waals surface area contributed by atoms with Gasteiger partial charge in [0, 0.05) is 6.42 Å². The third-order valence-electron chi connectivity index (χ3n) is 4.36. The number of aromatic nitrogens is 1. The van der Waals surface area contributed by atoms with E-state index < -0.39 is 5.60 Å². The number of H-pyrrole nitrogens is 1. The van der Waals surface area contributed by atoms with Crippen molar-refractivity contribution in [3.8, 4) is 10.6 Å². The summed E-state index contributed by atoms with van der Waals surface area (Å²) >= 11 is 1.55. The monoisotopic (exact) mass is 395 g/mol. The van der Waals surface area contributed by atoms with Crippen LogP contribution < -0.4 is 5.43 Å². The molecule has 0 spiro atoms. The number of esters is 1. The Morgan fingerprint density at radius 1 is 1.18 bits per heavy atom. The van der Waals surface area contributed by atoms with Gasteiger partial charge in [0.15, 0.2) is 5.58 Å². The Bertz CT molecular complexity index is 1210. The average Bonchev–Trinajstić information content (AvgIpc) is 3.26. The quantitative estimate of drug-likeness (QED) is 0.477. The largest absolute Gasteiger partial charge is 0.460 e. The lowest BCUT2D eigenvalue weighted by atomic mass is 10.1. The molecule has 4 rings (SSSR count). The maximum atomic E-state index is 13.2. The Morgan fingerprint density at radius 2 is 1.96 bits per heavy atom. The van der Waals surface area contributed by atoms with E-state index in [1.165, 1.54) is 0 Å². The fraction of sp³-hybridized carbons (Fsp3) is 0.273. The average molecular weight is 395 g/mol. The molecule has 0 saturated heterocycles. The predicted octanol–water partition coefficient (Wildman–Crippen LogP) is 5.28. The second kappa shape index (κ2) is 6.95. The van der Waals surface area contributed by atoms with Crippen molar-refractivity contribution in [3.63, 3.8) is 0 Å². The molecule has 0 saturated carbocycles. The summed E-state index contributed by atoms with van der Waals surface area (Å²) in [6.07, 6.45) is 0.603. The van der Waals surface area contributed by atoms with Crippen LogP contribution >= 0.6 is 11.3 Å². The lowest BCUT2D eigenvalue weighted by Crippen LogP contribution is -2.24. The number of rotatable bonds is 4. The fourth-order valence-corrected chi connectivity index (χ4v) is 3.98. The normalized spacial score (nSPS) is 12.0. The van der Waals surface area contributed by atoms with E-state index in [4.69, 9.17) is 9.15 Å². The summed E-state index contributed by atoms with van der Waals surface area (Å²) in [4.78, 5) is 29.6. The molecular formula is C22H21NO4S. The number of ether oxygens (including phenoxy) is 1. The van der Waals surface area contributed by atoms with Crippen LogP contribution in [0.1, 0.15) is 32.9 Å². The first-order valence-corrected chi connectivity index (χ1v) is 10.0. The van der Waals surface area contributed by atoms with Crippen LogP contribution in [0.2, 0.25) is 0 Å². The molecule has 1 N–H and O–H groups in total. The highest BCUT2D eigenvalue weighted by atomic mass is 32.1. The first kappa shape index (κ1) is 18.5. The van der Waals surface area contributed by atoms with Gasteiger partial charge in [0.05, 0.1) is 33.5 Å². The Balaban J connectivity index is 1.83. The molecule has 3 heterocycles. The Hall–Kier alpha value is -2.86. The van der Waals surface area contributed by atoms with Gasteiger partial charge in [-0.25, -0.2) is 0 Å². The smallest absolute Gasteiger partial charge is 0.306 e. The molecule has 0 fully saturated rings. The molecule has 0 bridgehead atoms. The maximum absolute atomic E-state index is 13.2. The number of carbonyl (C=O) groups is 1. The first-order valence-electron chi connectivity index (χ1n) is 9.15. The lowest BCUT2D eigenvalue weighted by molar-refractivity contribution is -0.154. The SMILES string of the molecule is CC(C)(C)OC(=O)CCc1[nH]c(-c2cccs2)c2c(=O)c3ccccc3oc12. The van der Waals surface area contributed by atoms with Gasteiger partial charge in [-0.3, -0.25) is 9.59 Å². The standard InChI is InChI=1S/C22H21NO4S/c1-22(2,3)27-17(24)11-10-14-21-18(19(23-14)16-9-6-12-28-16)20(25)13-7-4-5-8-15(13)26-21/h4-9,12,23H,10-11H2,1-3H3. The number of fused-ring (bicyclic) bond motifs is 2. The van der Waals surface area contributed by atoms with Crippen molar-refractivity contribution < 1.29 is 13.9 Å². The van der Waals surface area contributed by atoms with Crippen molar-refractivity contribution >= 4 is 39.2 Å². The number of thiophene rings is 1. The Kier molecular flexibility index (Phi) is 4.59. The fourth-order valence-electron chi connectivity index (χ4n) is 3.25. The maximum Gasteiger partial charge on any atom is 0.306 e. The van der Waals surface area contributed by atoms with Crippen LogP contribution in [0.4, 0.5) is 0 Å². The van der Waals surface area contributed by atoms with Crippen molar-refractivity contribution in [1.29, 1.82) is 0 Å². The van der Waals surface area contributed by atoms with Gasteiger partial charge in [-0.05, 0) is 44.4 Å². The van der Waals surface area contributed by atoms with Crippen molar-refractivity contribution in [2.24, 2.45) is 0 Å². The van der Waals surface area contributed by atoms with Crippen LogP contribution in [0.3, 0.4) is 0 Å². The van der Waals surface area contributed by atoms with Crippen LogP contribution in [0.15, 0.2) is 51.0 Å². The van der Waals surface area contributed by atoms with E-state index in [0.29, 0.717) is 28.4 Å². The number of aromatic amines is 1. The van der Waals surface area contributed by atoms with Gasteiger partial charge in [0.2, 0.25) is 5.43 Å². The van der Waals surface area contributed by atoms with E-state index in [9.17, 15) is 9.59 Å². The van der Waals surface area contributed by atoms with Gasteiger partial charge in [0.1, 0.15) is 11.2 Å². The van der Waals surface area contributed by atoms with Gasteiger partial charge in [-0.2, -0.15) is 0 Å². The van der Waals surface area contributed by atoms with E-state index in [1.54, 1.807) is 23.5 Å². The number of benzene rings is 1. The molecule has 0 unspecified atom stereocenters. The van der Waals surface area contributed by atoms with Crippen LogP contribution in [-0.2, 0) is 16.0 Å². The summed E-state index contributed by atoms with van der Waals surface area (Å²) in [5.74, 6) is -0.281. The summed E-state index contributed by atoms with van der Waals surface area (Å²) < 4.78 is 11.5. The van der Waals surface area contributed by atoms with E-state index >= 15 is 0 Å². The second-order valence-corrected chi connectivity index (χ2v) is 8.62. The molecule has 4 aromatic rings. The molecule has 0 amide bonds. The minimum atomic E-state index is -0.528. The number of hydrogen-bond acceptors (Lipinski definition) is 5. The minimum Gasteiger partial charge on any atom is -0.460 e. The number of carbonyl (C=O) groups excluding carboxylic acids is 1. The van der Waals surface area contributed by atoms with E-state index in [-0.39, 0.29) is 17.8 Å². The molecule has 0 radical (unpaired) electrons. The number of para-hydroxylation sites is 1. The van der Waals surface area contributed by atoms with Gasteiger partial charge >= 0.3 is 5.97 Å². The van der Waals surface area contributed by atoms with Crippen molar-refractivity contribution in [1.82, 2.24) is 4.98 Å². The summed E-state index contributed by atoms with van der Waals surface area (Å²) in [5, 5.41) is 3.04. The van der Waals surface area contributed by atoms with Crippen molar-refractivity contribution in [2.75, 3.05) is 0 Å². The first-order chi connectivity index (χ1) is 13.3.